The lowest BCUT2D eigenvalue weighted by atomic mass is 10.0. The number of likely N-dealkylation sites (tertiary alicyclic amines) is 2. The van der Waals surface area contributed by atoms with Crippen molar-refractivity contribution in [2.75, 3.05) is 20.2 Å². The second kappa shape index (κ2) is 16.3. The van der Waals surface area contributed by atoms with Crippen LogP contribution in [0.2, 0.25) is 0 Å². The molecule has 2 aromatic carbocycles. The molecule has 6 rings (SSSR count). The fourth-order valence-corrected chi connectivity index (χ4v) is 7.27. The molecule has 0 bridgehead atoms. The largest absolute Gasteiger partial charge is 0.465 e. The summed E-state index contributed by atoms with van der Waals surface area (Å²) in [5.74, 6) is -0.588. The second-order valence-corrected chi connectivity index (χ2v) is 14.7. The van der Waals surface area contributed by atoms with Gasteiger partial charge in [-0.2, -0.15) is 0 Å². The van der Waals surface area contributed by atoms with Gasteiger partial charge < -0.3 is 40.2 Å². The van der Waals surface area contributed by atoms with Crippen LogP contribution in [-0.2, 0) is 14.3 Å². The third-order valence-corrected chi connectivity index (χ3v) is 10.2. The molecule has 4 aromatic rings. The Hall–Kier alpha value is -5.80. The van der Waals surface area contributed by atoms with E-state index in [0.29, 0.717) is 23.0 Å². The fourth-order valence-electron chi connectivity index (χ4n) is 7.27. The topological polar surface area (TPSA) is 186 Å². The third-order valence-electron chi connectivity index (χ3n) is 10.2. The summed E-state index contributed by atoms with van der Waals surface area (Å²) in [6, 6.07) is 12.4. The van der Waals surface area contributed by atoms with Gasteiger partial charge in [-0.25, -0.2) is 28.3 Å². The summed E-state index contributed by atoms with van der Waals surface area (Å²) in [5, 5.41) is 14.1. The van der Waals surface area contributed by atoms with E-state index in [4.69, 9.17) is 0 Å². The quantitative estimate of drug-likeness (QED) is 0.123. The number of benzene rings is 2. The fraction of sp³-hybridized carbons (Fsp3) is 0.436. The van der Waals surface area contributed by atoms with Gasteiger partial charge >= 0.3 is 12.2 Å². The Balaban J connectivity index is 1.13. The molecule has 4 amide bonds. The van der Waals surface area contributed by atoms with Crippen molar-refractivity contribution in [2.45, 2.75) is 77.0 Å². The van der Waals surface area contributed by atoms with Gasteiger partial charge in [0.1, 0.15) is 36.1 Å². The SMILES string of the molecule is COC(=O)N[C@H](C(=O)N1C[C@@H](F)C[C@H]1c1ncc(-c2ccc(-c3ccc(-c4cnc([C@@H]5C[C@H](F)CN5C(=O)[C@@H](NC(=O)O)C(C)C)[nH]4)cc3)cc2)[nH]1)C(C)C. The van der Waals surface area contributed by atoms with Crippen LogP contribution in [-0.4, -0.2) is 103 Å². The molecule has 5 N–H and O–H groups in total. The number of aromatic amines is 2. The first-order valence-electron chi connectivity index (χ1n) is 18.3. The minimum absolute atomic E-state index is 0.0527. The number of alkyl halides is 2. The number of H-pyrrole nitrogens is 2. The van der Waals surface area contributed by atoms with Crippen LogP contribution < -0.4 is 10.6 Å². The van der Waals surface area contributed by atoms with Crippen molar-refractivity contribution < 1.29 is 37.8 Å². The molecule has 2 fully saturated rings. The number of nitrogens with zero attached hydrogens (tertiary/aromatic N) is 4. The molecular weight excluding hydrogens is 714 g/mol. The van der Waals surface area contributed by atoms with Crippen molar-refractivity contribution in [3.8, 4) is 33.6 Å². The zero-order valence-electron chi connectivity index (χ0n) is 31.3. The van der Waals surface area contributed by atoms with Crippen LogP contribution >= 0.6 is 0 Å². The van der Waals surface area contributed by atoms with Crippen LogP contribution in [0.25, 0.3) is 33.6 Å². The average molecular weight is 761 g/mol. The Morgan fingerprint density at radius 2 is 1.09 bits per heavy atom. The van der Waals surface area contributed by atoms with Crippen molar-refractivity contribution >= 4 is 24.0 Å². The first-order chi connectivity index (χ1) is 26.2. The number of nitrogens with one attached hydrogen (secondary N) is 4. The minimum atomic E-state index is -1.32. The highest BCUT2D eigenvalue weighted by molar-refractivity contribution is 5.87. The standard InChI is InChI=1S/C39H46F2N8O6/c1-20(2)32(46-38(52)53)36(50)48-18-26(40)14-30(48)34-42-16-28(44-34)24-10-6-22(7-11-24)23-8-12-25(13-9-23)29-17-43-35(45-29)31-15-27(41)19-49(31)37(51)33(21(3)4)47-39(54)55-5/h6-13,16-17,20-21,26-27,30-33,46H,14-15,18-19H2,1-5H3,(H,42,44)(H,43,45)(H,47,54)(H,52,53)/t26-,27-,30-,31-,32-,33-/m0/s1. The van der Waals surface area contributed by atoms with Crippen LogP contribution in [0.5, 0.6) is 0 Å². The second-order valence-electron chi connectivity index (χ2n) is 14.7. The lowest BCUT2D eigenvalue weighted by Crippen LogP contribution is -2.51. The first kappa shape index (κ1) is 38.9. The van der Waals surface area contributed by atoms with Crippen LogP contribution in [0, 0.1) is 11.8 Å². The summed E-state index contributed by atoms with van der Waals surface area (Å²) in [6.45, 7) is 6.80. The lowest BCUT2D eigenvalue weighted by Gasteiger charge is -2.29. The summed E-state index contributed by atoms with van der Waals surface area (Å²) in [4.78, 5) is 68.3. The van der Waals surface area contributed by atoms with Gasteiger partial charge in [-0.15, -0.1) is 0 Å². The van der Waals surface area contributed by atoms with Crippen LogP contribution in [0.4, 0.5) is 18.4 Å². The highest BCUT2D eigenvalue weighted by Crippen LogP contribution is 2.36. The van der Waals surface area contributed by atoms with E-state index in [1.165, 1.54) is 16.9 Å². The van der Waals surface area contributed by atoms with Gasteiger partial charge in [-0.3, -0.25) is 9.59 Å². The van der Waals surface area contributed by atoms with Crippen molar-refractivity contribution in [2.24, 2.45) is 11.8 Å². The van der Waals surface area contributed by atoms with Gasteiger partial charge in [0.15, 0.2) is 0 Å². The van der Waals surface area contributed by atoms with E-state index in [1.807, 2.05) is 48.5 Å². The van der Waals surface area contributed by atoms with Crippen LogP contribution in [0.3, 0.4) is 0 Å². The molecule has 2 aliphatic heterocycles. The van der Waals surface area contributed by atoms with Gasteiger partial charge in [0.05, 0.1) is 56.1 Å². The molecule has 0 aliphatic carbocycles. The maximum atomic E-state index is 14.7. The summed E-state index contributed by atoms with van der Waals surface area (Å²) in [5.41, 5.74) is 4.97. The van der Waals surface area contributed by atoms with E-state index in [-0.39, 0.29) is 37.8 Å². The molecular formula is C39H46F2N8O6. The van der Waals surface area contributed by atoms with Crippen molar-refractivity contribution in [3.63, 3.8) is 0 Å². The molecule has 2 aromatic heterocycles. The summed E-state index contributed by atoms with van der Waals surface area (Å²) in [6.07, 6.45) is -1.13. The predicted molar refractivity (Wildman–Crippen MR) is 199 cm³/mol. The Kier molecular flexibility index (Phi) is 11.5. The molecule has 4 heterocycles. The van der Waals surface area contributed by atoms with Crippen LogP contribution in [0.15, 0.2) is 60.9 Å². The summed E-state index contributed by atoms with van der Waals surface area (Å²) >= 11 is 0. The number of amides is 4. The Morgan fingerprint density at radius 3 is 1.45 bits per heavy atom. The molecule has 2 saturated heterocycles. The van der Waals surface area contributed by atoms with Gasteiger partial charge in [0.25, 0.3) is 0 Å². The number of hydrogen-bond acceptors (Lipinski definition) is 7. The van der Waals surface area contributed by atoms with Gasteiger partial charge in [-0.05, 0) is 34.1 Å². The van der Waals surface area contributed by atoms with Gasteiger partial charge in [-0.1, -0.05) is 76.2 Å². The number of halogens is 2. The number of ether oxygens (including phenoxy) is 1. The monoisotopic (exact) mass is 760 g/mol. The summed E-state index contributed by atoms with van der Waals surface area (Å²) in [7, 11) is 1.22. The molecule has 55 heavy (non-hydrogen) atoms. The zero-order valence-corrected chi connectivity index (χ0v) is 31.3. The molecule has 0 radical (unpaired) electrons. The Labute approximate surface area is 317 Å². The van der Waals surface area contributed by atoms with Crippen molar-refractivity contribution in [3.05, 3.63) is 72.6 Å². The third kappa shape index (κ3) is 8.47. The molecule has 292 valence electrons. The molecule has 0 spiro atoms. The van der Waals surface area contributed by atoms with Crippen molar-refractivity contribution in [1.29, 1.82) is 0 Å². The smallest absolute Gasteiger partial charge is 0.407 e. The predicted octanol–water partition coefficient (Wildman–Crippen LogP) is 6.03. The number of imidazole rings is 2. The Morgan fingerprint density at radius 1 is 0.709 bits per heavy atom. The van der Waals surface area contributed by atoms with Crippen molar-refractivity contribution in [1.82, 2.24) is 40.4 Å². The first-order valence-corrected chi connectivity index (χ1v) is 18.3. The van der Waals surface area contributed by atoms with E-state index in [2.05, 4.69) is 35.3 Å². The number of hydrogen-bond donors (Lipinski definition) is 5. The highest BCUT2D eigenvalue weighted by Gasteiger charge is 2.43. The average Bonchev–Trinajstić information content (AvgIpc) is 3.98. The summed E-state index contributed by atoms with van der Waals surface area (Å²) < 4.78 is 34.0. The van der Waals surface area contributed by atoms with E-state index >= 15 is 0 Å². The maximum Gasteiger partial charge on any atom is 0.407 e. The zero-order chi connectivity index (χ0) is 39.6. The molecule has 14 nitrogen and oxygen atoms in total. The number of aromatic nitrogens is 4. The highest BCUT2D eigenvalue weighted by atomic mass is 19.1. The van der Waals surface area contributed by atoms with E-state index < -0.39 is 60.5 Å². The lowest BCUT2D eigenvalue weighted by molar-refractivity contribution is -0.136. The van der Waals surface area contributed by atoms with Crippen LogP contribution in [0.1, 0.15) is 64.3 Å². The van der Waals surface area contributed by atoms with Gasteiger partial charge in [0.2, 0.25) is 11.8 Å². The molecule has 0 saturated carbocycles. The number of carboxylic acid groups (broad SMARTS) is 1. The van der Waals surface area contributed by atoms with Gasteiger partial charge in [0, 0.05) is 12.8 Å². The number of methoxy groups -OCH3 is 1. The Bertz CT molecular complexity index is 2000. The normalized spacial score (nSPS) is 20.8. The number of alkyl carbamates (subject to hydrolysis) is 1. The molecule has 6 atom stereocenters. The van der Waals surface area contributed by atoms with E-state index in [9.17, 15) is 33.1 Å². The number of carbonyl (C=O) groups is 4. The van der Waals surface area contributed by atoms with E-state index in [0.717, 1.165) is 22.3 Å². The molecule has 16 heteroatoms. The molecule has 2 aliphatic rings. The van der Waals surface area contributed by atoms with E-state index in [1.54, 1.807) is 40.1 Å². The number of carbonyl (C=O) groups excluding carboxylic acids is 3. The molecule has 0 unspecified atom stereocenters. The minimum Gasteiger partial charge on any atom is -0.465 e. The maximum absolute atomic E-state index is 14.7. The number of rotatable bonds is 11.